The van der Waals surface area contributed by atoms with Crippen molar-refractivity contribution in [1.29, 1.82) is 5.26 Å². The van der Waals surface area contributed by atoms with E-state index in [1.165, 1.54) is 0 Å². The van der Waals surface area contributed by atoms with Crippen LogP contribution in [-0.2, 0) is 0 Å². The van der Waals surface area contributed by atoms with Gasteiger partial charge in [0.15, 0.2) is 0 Å². The fourth-order valence-electron chi connectivity index (χ4n) is 2.61. The fraction of sp³-hybridized carbons (Fsp3) is 0.400. The number of halogens is 1. The lowest BCUT2D eigenvalue weighted by Gasteiger charge is -2.31. The van der Waals surface area contributed by atoms with Crippen molar-refractivity contribution in [3.8, 4) is 6.07 Å². The van der Waals surface area contributed by atoms with Gasteiger partial charge in [-0.15, -0.1) is 6.58 Å². The minimum Gasteiger partial charge on any atom is -0.300 e. The van der Waals surface area contributed by atoms with Gasteiger partial charge in [-0.1, -0.05) is 29.8 Å². The lowest BCUT2D eigenvalue weighted by atomic mass is 9.87. The van der Waals surface area contributed by atoms with Crippen molar-refractivity contribution in [3.05, 3.63) is 47.0 Å². The number of nitriles is 1. The zero-order valence-corrected chi connectivity index (χ0v) is 11.2. The summed E-state index contributed by atoms with van der Waals surface area (Å²) in [7, 11) is 0. The van der Waals surface area contributed by atoms with Crippen molar-refractivity contribution in [2.75, 3.05) is 19.6 Å². The van der Waals surface area contributed by atoms with E-state index in [-0.39, 0.29) is 0 Å². The van der Waals surface area contributed by atoms with Crippen LogP contribution in [0.5, 0.6) is 0 Å². The van der Waals surface area contributed by atoms with Crippen molar-refractivity contribution in [2.24, 2.45) is 0 Å². The maximum atomic E-state index is 9.21. The van der Waals surface area contributed by atoms with E-state index in [2.05, 4.69) is 17.5 Å². The SMILES string of the molecule is C=CCN1CCC(c2cccc(Cl)c2C#N)CC1. The van der Waals surface area contributed by atoms with E-state index in [0.717, 1.165) is 38.0 Å². The smallest absolute Gasteiger partial charge is 0.101 e. The van der Waals surface area contributed by atoms with Gasteiger partial charge in [0, 0.05) is 6.54 Å². The van der Waals surface area contributed by atoms with Crippen LogP contribution >= 0.6 is 11.6 Å². The lowest BCUT2D eigenvalue weighted by molar-refractivity contribution is 0.232. The summed E-state index contributed by atoms with van der Waals surface area (Å²) < 4.78 is 0. The number of piperidine rings is 1. The van der Waals surface area contributed by atoms with Crippen LogP contribution in [0.25, 0.3) is 0 Å². The largest absolute Gasteiger partial charge is 0.300 e. The summed E-state index contributed by atoms with van der Waals surface area (Å²) in [6.07, 6.45) is 4.12. The normalized spacial score (nSPS) is 17.3. The molecule has 0 unspecified atom stereocenters. The highest BCUT2D eigenvalue weighted by Crippen LogP contribution is 2.32. The summed E-state index contributed by atoms with van der Waals surface area (Å²) in [5.41, 5.74) is 1.77. The van der Waals surface area contributed by atoms with Crippen LogP contribution in [-0.4, -0.2) is 24.5 Å². The van der Waals surface area contributed by atoms with Crippen LogP contribution < -0.4 is 0 Å². The minimum absolute atomic E-state index is 0.458. The van der Waals surface area contributed by atoms with Crippen molar-refractivity contribution < 1.29 is 0 Å². The Morgan fingerprint density at radius 3 is 2.78 bits per heavy atom. The second-order valence-corrected chi connectivity index (χ2v) is 5.09. The Morgan fingerprint density at radius 2 is 2.17 bits per heavy atom. The molecule has 2 nitrogen and oxygen atoms in total. The Labute approximate surface area is 113 Å². The Morgan fingerprint density at radius 1 is 1.44 bits per heavy atom. The van der Waals surface area contributed by atoms with Crippen LogP contribution in [0.2, 0.25) is 5.02 Å². The summed E-state index contributed by atoms with van der Waals surface area (Å²) in [6.45, 7) is 6.85. The first-order valence-electron chi connectivity index (χ1n) is 6.28. The van der Waals surface area contributed by atoms with Gasteiger partial charge < -0.3 is 0 Å². The molecule has 3 heteroatoms. The van der Waals surface area contributed by atoms with E-state index in [0.29, 0.717) is 16.5 Å². The standard InChI is InChI=1S/C15H17ClN2/c1-2-8-18-9-6-12(7-10-18)13-4-3-5-15(16)14(13)11-17/h2-5,12H,1,6-10H2. The predicted molar refractivity (Wildman–Crippen MR) is 74.8 cm³/mol. The molecule has 2 rings (SSSR count). The molecule has 0 atom stereocenters. The summed E-state index contributed by atoms with van der Waals surface area (Å²) in [6, 6.07) is 8.00. The van der Waals surface area contributed by atoms with E-state index < -0.39 is 0 Å². The summed E-state index contributed by atoms with van der Waals surface area (Å²) >= 11 is 6.08. The molecule has 1 saturated heterocycles. The molecule has 1 aliphatic heterocycles. The molecule has 1 aliphatic rings. The highest BCUT2D eigenvalue weighted by molar-refractivity contribution is 6.31. The predicted octanol–water partition coefficient (Wildman–Crippen LogP) is 3.58. The molecule has 94 valence electrons. The second kappa shape index (κ2) is 6.04. The zero-order valence-electron chi connectivity index (χ0n) is 10.4. The van der Waals surface area contributed by atoms with Crippen molar-refractivity contribution in [2.45, 2.75) is 18.8 Å². The van der Waals surface area contributed by atoms with Crippen LogP contribution in [0.15, 0.2) is 30.9 Å². The van der Waals surface area contributed by atoms with Gasteiger partial charge in [-0.25, -0.2) is 0 Å². The van der Waals surface area contributed by atoms with Gasteiger partial charge >= 0.3 is 0 Å². The average molecular weight is 261 g/mol. The van der Waals surface area contributed by atoms with Gasteiger partial charge in [-0.05, 0) is 43.5 Å². The third-order valence-electron chi connectivity index (χ3n) is 3.57. The second-order valence-electron chi connectivity index (χ2n) is 4.68. The summed E-state index contributed by atoms with van der Waals surface area (Å²) in [5, 5.41) is 9.78. The molecule has 1 aromatic carbocycles. The highest BCUT2D eigenvalue weighted by Gasteiger charge is 2.22. The number of hydrogen-bond donors (Lipinski definition) is 0. The lowest BCUT2D eigenvalue weighted by Crippen LogP contribution is -2.33. The Kier molecular flexibility index (Phi) is 4.41. The molecule has 0 aromatic heterocycles. The van der Waals surface area contributed by atoms with Gasteiger partial charge in [0.2, 0.25) is 0 Å². The monoisotopic (exact) mass is 260 g/mol. The number of likely N-dealkylation sites (tertiary alicyclic amines) is 1. The van der Waals surface area contributed by atoms with E-state index in [9.17, 15) is 5.26 Å². The van der Waals surface area contributed by atoms with Crippen molar-refractivity contribution in [1.82, 2.24) is 4.90 Å². The van der Waals surface area contributed by atoms with Crippen LogP contribution in [0.1, 0.15) is 29.9 Å². The van der Waals surface area contributed by atoms with E-state index in [4.69, 9.17) is 11.6 Å². The Hall–Kier alpha value is -1.30. The molecule has 0 amide bonds. The number of rotatable bonds is 3. The van der Waals surface area contributed by atoms with E-state index in [1.807, 2.05) is 18.2 Å². The highest BCUT2D eigenvalue weighted by atomic mass is 35.5. The van der Waals surface area contributed by atoms with Gasteiger partial charge in [-0.2, -0.15) is 5.26 Å². The maximum Gasteiger partial charge on any atom is 0.101 e. The number of benzene rings is 1. The first-order chi connectivity index (χ1) is 8.76. The molecular weight excluding hydrogens is 244 g/mol. The molecule has 1 aromatic rings. The van der Waals surface area contributed by atoms with Gasteiger partial charge in [0.25, 0.3) is 0 Å². The van der Waals surface area contributed by atoms with Crippen molar-refractivity contribution in [3.63, 3.8) is 0 Å². The molecule has 0 N–H and O–H groups in total. The molecule has 0 aliphatic carbocycles. The third kappa shape index (κ3) is 2.75. The van der Waals surface area contributed by atoms with Crippen LogP contribution in [0.3, 0.4) is 0 Å². The molecule has 0 spiro atoms. The molecule has 0 bridgehead atoms. The van der Waals surface area contributed by atoms with E-state index >= 15 is 0 Å². The van der Waals surface area contributed by atoms with Gasteiger partial charge in [0.05, 0.1) is 10.6 Å². The summed E-state index contributed by atoms with van der Waals surface area (Å²) in [4.78, 5) is 2.39. The first kappa shape index (κ1) is 13.1. The van der Waals surface area contributed by atoms with Crippen LogP contribution in [0.4, 0.5) is 0 Å². The summed E-state index contributed by atoms with van der Waals surface area (Å²) in [5.74, 6) is 0.458. The van der Waals surface area contributed by atoms with Gasteiger partial charge in [0.1, 0.15) is 6.07 Å². The Balaban J connectivity index is 2.13. The fourth-order valence-corrected chi connectivity index (χ4v) is 2.83. The molecule has 1 fully saturated rings. The zero-order chi connectivity index (χ0) is 13.0. The number of nitrogens with zero attached hydrogens (tertiary/aromatic N) is 2. The average Bonchev–Trinajstić information content (AvgIpc) is 2.40. The minimum atomic E-state index is 0.458. The van der Waals surface area contributed by atoms with Gasteiger partial charge in [-0.3, -0.25) is 4.90 Å². The Bertz CT molecular complexity index is 468. The van der Waals surface area contributed by atoms with Crippen LogP contribution in [0, 0.1) is 11.3 Å². The molecular formula is C15H17ClN2. The quantitative estimate of drug-likeness (QED) is 0.777. The number of hydrogen-bond acceptors (Lipinski definition) is 2. The third-order valence-corrected chi connectivity index (χ3v) is 3.89. The molecule has 1 heterocycles. The maximum absolute atomic E-state index is 9.21. The molecule has 0 saturated carbocycles. The first-order valence-corrected chi connectivity index (χ1v) is 6.65. The van der Waals surface area contributed by atoms with E-state index in [1.54, 1.807) is 6.07 Å². The topological polar surface area (TPSA) is 27.0 Å². The molecule has 18 heavy (non-hydrogen) atoms. The van der Waals surface area contributed by atoms with Crippen molar-refractivity contribution >= 4 is 11.6 Å². The molecule has 0 radical (unpaired) electrons.